The number of aromatic nitrogens is 3. The van der Waals surface area contributed by atoms with Gasteiger partial charge in [-0.2, -0.15) is 0 Å². The van der Waals surface area contributed by atoms with Crippen molar-refractivity contribution < 1.29 is 4.74 Å². The van der Waals surface area contributed by atoms with Gasteiger partial charge in [0.1, 0.15) is 0 Å². The summed E-state index contributed by atoms with van der Waals surface area (Å²) in [6, 6.07) is 0. The van der Waals surface area contributed by atoms with Crippen molar-refractivity contribution >= 4 is 0 Å². The molecule has 0 amide bonds. The predicted octanol–water partition coefficient (Wildman–Crippen LogP) is 0.453. The maximum Gasteiger partial charge on any atom is 0.0999 e. The molecule has 6 heteroatoms. The van der Waals surface area contributed by atoms with Gasteiger partial charge >= 0.3 is 0 Å². The van der Waals surface area contributed by atoms with Crippen molar-refractivity contribution in [1.82, 2.24) is 25.2 Å². The van der Waals surface area contributed by atoms with Crippen LogP contribution in [-0.4, -0.2) is 60.8 Å². The fourth-order valence-corrected chi connectivity index (χ4v) is 2.53. The average molecular weight is 267 g/mol. The summed E-state index contributed by atoms with van der Waals surface area (Å²) in [4.78, 5) is 2.17. The quantitative estimate of drug-likeness (QED) is 0.811. The van der Waals surface area contributed by atoms with E-state index in [-0.39, 0.29) is 0 Å². The molecule has 0 aliphatic carbocycles. The molecule has 0 aromatic carbocycles. The number of ether oxygens (including phenoxy) is 1. The van der Waals surface area contributed by atoms with Crippen LogP contribution in [0.25, 0.3) is 0 Å². The first-order valence-electron chi connectivity index (χ1n) is 7.01. The van der Waals surface area contributed by atoms with E-state index < -0.39 is 0 Å². The highest BCUT2D eigenvalue weighted by atomic mass is 16.5. The van der Waals surface area contributed by atoms with Crippen LogP contribution in [0.2, 0.25) is 0 Å². The highest BCUT2D eigenvalue weighted by Crippen LogP contribution is 2.28. The number of nitrogens with one attached hydrogen (secondary N) is 1. The Kier molecular flexibility index (Phi) is 5.30. The van der Waals surface area contributed by atoms with E-state index >= 15 is 0 Å². The molecule has 0 atom stereocenters. The van der Waals surface area contributed by atoms with Crippen molar-refractivity contribution in [2.45, 2.75) is 31.8 Å². The molecule has 1 N–H and O–H groups in total. The van der Waals surface area contributed by atoms with Crippen molar-refractivity contribution in [2.75, 3.05) is 40.9 Å². The molecule has 1 aromatic rings. The number of hydrogen-bond donors (Lipinski definition) is 1. The summed E-state index contributed by atoms with van der Waals surface area (Å²) in [7, 11) is 6.12. The minimum absolute atomic E-state index is 0.536. The zero-order chi connectivity index (χ0) is 13.7. The van der Waals surface area contributed by atoms with Crippen LogP contribution < -0.4 is 5.32 Å². The molecule has 1 aromatic heterocycles. The highest BCUT2D eigenvalue weighted by molar-refractivity contribution is 5.16. The van der Waals surface area contributed by atoms with Gasteiger partial charge in [0.2, 0.25) is 0 Å². The zero-order valence-corrected chi connectivity index (χ0v) is 12.2. The van der Waals surface area contributed by atoms with E-state index in [2.05, 4.69) is 39.3 Å². The molecule has 0 spiro atoms. The topological polar surface area (TPSA) is 55.2 Å². The second kappa shape index (κ2) is 6.98. The lowest BCUT2D eigenvalue weighted by Crippen LogP contribution is -2.24. The van der Waals surface area contributed by atoms with Crippen LogP contribution in [0.5, 0.6) is 0 Å². The summed E-state index contributed by atoms with van der Waals surface area (Å²) in [5, 5.41) is 11.9. The van der Waals surface area contributed by atoms with Gasteiger partial charge in [0.25, 0.3) is 0 Å². The molecular weight excluding hydrogens is 242 g/mol. The van der Waals surface area contributed by atoms with Gasteiger partial charge in [0.05, 0.1) is 17.9 Å². The van der Waals surface area contributed by atoms with Gasteiger partial charge in [0, 0.05) is 32.2 Å². The molecule has 6 nitrogen and oxygen atoms in total. The van der Waals surface area contributed by atoms with Gasteiger partial charge < -0.3 is 15.0 Å². The number of rotatable bonds is 6. The van der Waals surface area contributed by atoms with Gasteiger partial charge in [-0.05, 0) is 34.0 Å². The summed E-state index contributed by atoms with van der Waals surface area (Å²) in [6.45, 7) is 4.37. The molecule has 2 rings (SSSR count). The lowest BCUT2D eigenvalue weighted by molar-refractivity contribution is 0.0831. The molecule has 19 heavy (non-hydrogen) atoms. The largest absolute Gasteiger partial charge is 0.381 e. The number of hydrogen-bond acceptors (Lipinski definition) is 5. The summed E-state index contributed by atoms with van der Waals surface area (Å²) in [5.41, 5.74) is 2.40. The molecule has 0 unspecified atom stereocenters. The maximum atomic E-state index is 5.46. The third-order valence-corrected chi connectivity index (χ3v) is 3.56. The van der Waals surface area contributed by atoms with E-state index in [1.165, 1.54) is 5.69 Å². The van der Waals surface area contributed by atoms with E-state index in [0.29, 0.717) is 5.92 Å². The first-order chi connectivity index (χ1) is 9.22. The third kappa shape index (κ3) is 3.75. The van der Waals surface area contributed by atoms with Gasteiger partial charge in [-0.15, -0.1) is 5.10 Å². The fourth-order valence-electron chi connectivity index (χ4n) is 2.53. The molecule has 108 valence electrons. The van der Waals surface area contributed by atoms with E-state index in [9.17, 15) is 0 Å². The molecular formula is C13H25N5O. The Balaban J connectivity index is 2.16. The molecule has 1 saturated heterocycles. The second-order valence-electron chi connectivity index (χ2n) is 5.36. The van der Waals surface area contributed by atoms with Gasteiger partial charge in [-0.25, -0.2) is 4.68 Å². The van der Waals surface area contributed by atoms with Gasteiger partial charge in [-0.1, -0.05) is 5.21 Å². The van der Waals surface area contributed by atoms with Crippen LogP contribution in [0.15, 0.2) is 0 Å². The molecule has 0 bridgehead atoms. The minimum Gasteiger partial charge on any atom is -0.381 e. The van der Waals surface area contributed by atoms with E-state index in [0.717, 1.165) is 51.4 Å². The second-order valence-corrected chi connectivity index (χ2v) is 5.36. The van der Waals surface area contributed by atoms with Crippen molar-refractivity contribution in [2.24, 2.45) is 0 Å². The van der Waals surface area contributed by atoms with E-state index in [4.69, 9.17) is 4.74 Å². The Morgan fingerprint density at radius 2 is 2.11 bits per heavy atom. The van der Waals surface area contributed by atoms with Crippen molar-refractivity contribution in [3.05, 3.63) is 11.4 Å². The van der Waals surface area contributed by atoms with Crippen LogP contribution in [0, 0.1) is 0 Å². The van der Waals surface area contributed by atoms with Crippen LogP contribution >= 0.6 is 0 Å². The summed E-state index contributed by atoms with van der Waals surface area (Å²) in [6.07, 6.45) is 2.15. The Bertz CT molecular complexity index is 384. The van der Waals surface area contributed by atoms with Crippen molar-refractivity contribution in [3.8, 4) is 0 Å². The van der Waals surface area contributed by atoms with Crippen molar-refractivity contribution in [3.63, 3.8) is 0 Å². The average Bonchev–Trinajstić information content (AvgIpc) is 2.81. The number of nitrogens with zero attached hydrogens (tertiary/aromatic N) is 4. The summed E-state index contributed by atoms with van der Waals surface area (Å²) < 4.78 is 7.55. The zero-order valence-electron chi connectivity index (χ0n) is 12.2. The van der Waals surface area contributed by atoms with Crippen LogP contribution in [0.1, 0.15) is 30.1 Å². The molecule has 2 heterocycles. The predicted molar refractivity (Wildman–Crippen MR) is 74.1 cm³/mol. The standard InChI is InChI=1S/C13H25N5O/c1-14-10-12-13(11-4-8-19-9-5-11)18(16-15-12)7-6-17(2)3/h11,14H,4-10H2,1-3H3. The molecule has 1 aliphatic rings. The number of likely N-dealkylation sites (N-methyl/N-ethyl adjacent to an activating group) is 1. The van der Waals surface area contributed by atoms with Gasteiger partial charge in [-0.3, -0.25) is 0 Å². The first-order valence-corrected chi connectivity index (χ1v) is 7.01. The molecule has 1 aliphatic heterocycles. The normalized spacial score (nSPS) is 17.3. The summed E-state index contributed by atoms with van der Waals surface area (Å²) >= 11 is 0. The Hall–Kier alpha value is -0.980. The lowest BCUT2D eigenvalue weighted by atomic mass is 9.94. The van der Waals surface area contributed by atoms with Crippen LogP contribution in [-0.2, 0) is 17.8 Å². The maximum absolute atomic E-state index is 5.46. The van der Waals surface area contributed by atoms with E-state index in [1.54, 1.807) is 0 Å². The van der Waals surface area contributed by atoms with Gasteiger partial charge in [0.15, 0.2) is 0 Å². The minimum atomic E-state index is 0.536. The smallest absolute Gasteiger partial charge is 0.0999 e. The SMILES string of the molecule is CNCc1nnn(CCN(C)C)c1C1CCOCC1. The fraction of sp³-hybridized carbons (Fsp3) is 0.846. The molecule has 1 fully saturated rings. The lowest BCUT2D eigenvalue weighted by Gasteiger charge is -2.24. The summed E-state index contributed by atoms with van der Waals surface area (Å²) in [5.74, 6) is 0.536. The monoisotopic (exact) mass is 267 g/mol. The highest BCUT2D eigenvalue weighted by Gasteiger charge is 2.24. The first kappa shape index (κ1) is 14.4. The Morgan fingerprint density at radius 3 is 2.74 bits per heavy atom. The van der Waals surface area contributed by atoms with Crippen LogP contribution in [0.3, 0.4) is 0 Å². The molecule has 0 saturated carbocycles. The third-order valence-electron chi connectivity index (χ3n) is 3.56. The molecule has 0 radical (unpaired) electrons. The van der Waals surface area contributed by atoms with E-state index in [1.807, 2.05) is 7.05 Å². The Labute approximate surface area is 115 Å². The Morgan fingerprint density at radius 1 is 1.37 bits per heavy atom. The van der Waals surface area contributed by atoms with Crippen LogP contribution in [0.4, 0.5) is 0 Å². The van der Waals surface area contributed by atoms with Crippen molar-refractivity contribution in [1.29, 1.82) is 0 Å².